The molecule has 0 saturated carbocycles. The van der Waals surface area contributed by atoms with Gasteiger partial charge in [-0.3, -0.25) is 4.79 Å². The van der Waals surface area contributed by atoms with E-state index in [9.17, 15) is 4.79 Å². The Morgan fingerprint density at radius 2 is 1.78 bits per heavy atom. The molecule has 2 aromatic heterocycles. The lowest BCUT2D eigenvalue weighted by Gasteiger charge is -2.11. The number of aryl methyl sites for hydroxylation is 2. The second-order valence-electron chi connectivity index (χ2n) is 6.94. The number of aromatic nitrogens is 1. The highest BCUT2D eigenvalue weighted by molar-refractivity contribution is 5.97. The van der Waals surface area contributed by atoms with Gasteiger partial charge in [0.15, 0.2) is 5.58 Å². The largest absolute Gasteiger partial charge is 0.463 e. The van der Waals surface area contributed by atoms with Crippen LogP contribution in [-0.4, -0.2) is 10.5 Å². The van der Waals surface area contributed by atoms with Crippen LogP contribution < -0.4 is 5.32 Å². The minimum atomic E-state index is -0.102. The first-order chi connectivity index (χ1) is 13.1. The molecule has 0 saturated heterocycles. The maximum atomic E-state index is 12.9. The lowest BCUT2D eigenvalue weighted by atomic mass is 10.1. The minimum absolute atomic E-state index is 0.102. The number of amides is 1. The highest BCUT2D eigenvalue weighted by Gasteiger charge is 2.17. The Kier molecular flexibility index (Phi) is 4.55. The van der Waals surface area contributed by atoms with Gasteiger partial charge in [-0.25, -0.2) is 0 Å². The first-order valence-corrected chi connectivity index (χ1v) is 9.06. The van der Waals surface area contributed by atoms with E-state index in [0.29, 0.717) is 18.8 Å². The smallest absolute Gasteiger partial charge is 0.268 e. The average molecular weight is 358 g/mol. The summed E-state index contributed by atoms with van der Waals surface area (Å²) in [6, 6.07) is 20.2. The van der Waals surface area contributed by atoms with Crippen LogP contribution in [0.4, 0.5) is 0 Å². The lowest BCUT2D eigenvalue weighted by molar-refractivity contribution is 0.0942. The van der Waals surface area contributed by atoms with Crippen molar-refractivity contribution in [2.24, 2.45) is 0 Å². The van der Waals surface area contributed by atoms with Crippen LogP contribution in [0.25, 0.3) is 11.1 Å². The third-order valence-corrected chi connectivity index (χ3v) is 4.75. The molecule has 4 heteroatoms. The molecule has 0 bridgehead atoms. The zero-order valence-corrected chi connectivity index (χ0v) is 15.5. The average Bonchev–Trinajstić information content (AvgIpc) is 3.24. The van der Waals surface area contributed by atoms with Crippen LogP contribution in [0.5, 0.6) is 0 Å². The van der Waals surface area contributed by atoms with Crippen molar-refractivity contribution in [3.63, 3.8) is 0 Å². The van der Waals surface area contributed by atoms with Crippen LogP contribution in [0.15, 0.2) is 71.3 Å². The molecule has 136 valence electrons. The van der Waals surface area contributed by atoms with Gasteiger partial charge in [0, 0.05) is 25.2 Å². The van der Waals surface area contributed by atoms with E-state index in [1.165, 1.54) is 11.1 Å². The summed E-state index contributed by atoms with van der Waals surface area (Å²) in [5.41, 5.74) is 6.89. The van der Waals surface area contributed by atoms with E-state index in [2.05, 4.69) is 42.6 Å². The predicted molar refractivity (Wildman–Crippen MR) is 107 cm³/mol. The maximum Gasteiger partial charge on any atom is 0.268 e. The number of nitrogens with zero attached hydrogens (tertiary/aromatic N) is 1. The molecular weight excluding hydrogens is 336 g/mol. The molecule has 4 aromatic rings. The number of benzene rings is 2. The summed E-state index contributed by atoms with van der Waals surface area (Å²) in [5, 5.41) is 3.03. The number of fused-ring (bicyclic) bond motifs is 1. The third kappa shape index (κ3) is 3.65. The molecule has 0 spiro atoms. The topological polar surface area (TPSA) is 47.2 Å². The fourth-order valence-electron chi connectivity index (χ4n) is 3.31. The van der Waals surface area contributed by atoms with Crippen LogP contribution in [-0.2, 0) is 13.1 Å². The van der Waals surface area contributed by atoms with Gasteiger partial charge in [0.05, 0.1) is 11.8 Å². The summed E-state index contributed by atoms with van der Waals surface area (Å²) >= 11 is 0. The monoisotopic (exact) mass is 358 g/mol. The standard InChI is InChI=1S/C23H22N2O2/c1-16-6-8-18(9-7-16)15-25-20-10-11-27-22(20)13-21(25)23(26)24-14-19-5-3-4-17(2)12-19/h3-13H,14-15H2,1-2H3,(H,24,26). The number of carbonyl (C=O) groups is 1. The molecule has 1 amide bonds. The van der Waals surface area contributed by atoms with E-state index < -0.39 is 0 Å². The van der Waals surface area contributed by atoms with E-state index in [1.54, 1.807) is 6.26 Å². The predicted octanol–water partition coefficient (Wildman–Crippen LogP) is 4.83. The van der Waals surface area contributed by atoms with Gasteiger partial charge in [0.25, 0.3) is 5.91 Å². The van der Waals surface area contributed by atoms with Gasteiger partial charge >= 0.3 is 0 Å². The molecule has 0 unspecified atom stereocenters. The molecule has 0 atom stereocenters. The number of nitrogens with one attached hydrogen (secondary N) is 1. The zero-order chi connectivity index (χ0) is 18.8. The van der Waals surface area contributed by atoms with E-state index in [-0.39, 0.29) is 5.91 Å². The van der Waals surface area contributed by atoms with Crippen LogP contribution in [0.1, 0.15) is 32.7 Å². The van der Waals surface area contributed by atoms with Crippen molar-refractivity contribution in [2.45, 2.75) is 26.9 Å². The Labute approximate surface area is 158 Å². The Morgan fingerprint density at radius 3 is 2.56 bits per heavy atom. The Balaban J connectivity index is 1.59. The van der Waals surface area contributed by atoms with Crippen molar-refractivity contribution in [2.75, 3.05) is 0 Å². The quantitative estimate of drug-likeness (QED) is 0.555. The van der Waals surface area contributed by atoms with Crippen molar-refractivity contribution in [1.82, 2.24) is 9.88 Å². The van der Waals surface area contributed by atoms with Crippen LogP contribution >= 0.6 is 0 Å². The van der Waals surface area contributed by atoms with E-state index in [1.807, 2.05) is 41.8 Å². The second kappa shape index (κ2) is 7.16. The van der Waals surface area contributed by atoms with Crippen molar-refractivity contribution < 1.29 is 9.21 Å². The Bertz CT molecular complexity index is 1090. The minimum Gasteiger partial charge on any atom is -0.463 e. The van der Waals surface area contributed by atoms with Crippen molar-refractivity contribution >= 4 is 17.0 Å². The molecule has 0 aliphatic rings. The Hall–Kier alpha value is -3.27. The highest BCUT2D eigenvalue weighted by Crippen LogP contribution is 2.23. The molecule has 0 aliphatic carbocycles. The van der Waals surface area contributed by atoms with E-state index in [0.717, 1.165) is 22.2 Å². The first kappa shape index (κ1) is 17.2. The van der Waals surface area contributed by atoms with Gasteiger partial charge in [0.1, 0.15) is 5.69 Å². The number of hydrogen-bond donors (Lipinski definition) is 1. The van der Waals surface area contributed by atoms with Gasteiger partial charge < -0.3 is 14.3 Å². The molecule has 0 radical (unpaired) electrons. The normalized spacial score (nSPS) is 11.0. The first-order valence-electron chi connectivity index (χ1n) is 9.06. The summed E-state index contributed by atoms with van der Waals surface area (Å²) in [7, 11) is 0. The van der Waals surface area contributed by atoms with E-state index in [4.69, 9.17) is 4.42 Å². The van der Waals surface area contributed by atoms with Gasteiger partial charge in [-0.2, -0.15) is 0 Å². The number of hydrogen-bond acceptors (Lipinski definition) is 2. The second-order valence-corrected chi connectivity index (χ2v) is 6.94. The van der Waals surface area contributed by atoms with Crippen molar-refractivity contribution in [1.29, 1.82) is 0 Å². The molecule has 2 heterocycles. The molecule has 1 N–H and O–H groups in total. The van der Waals surface area contributed by atoms with Crippen LogP contribution in [0.3, 0.4) is 0 Å². The van der Waals surface area contributed by atoms with E-state index >= 15 is 0 Å². The molecule has 2 aromatic carbocycles. The summed E-state index contributed by atoms with van der Waals surface area (Å²) in [6.45, 7) is 5.23. The van der Waals surface area contributed by atoms with Gasteiger partial charge in [-0.05, 0) is 25.0 Å². The number of rotatable bonds is 5. The molecule has 4 rings (SSSR count). The van der Waals surface area contributed by atoms with Gasteiger partial charge in [0.2, 0.25) is 0 Å². The Morgan fingerprint density at radius 1 is 0.963 bits per heavy atom. The molecule has 0 aliphatic heterocycles. The van der Waals surface area contributed by atoms with Crippen LogP contribution in [0, 0.1) is 13.8 Å². The molecule has 0 fully saturated rings. The third-order valence-electron chi connectivity index (χ3n) is 4.75. The number of carbonyl (C=O) groups excluding carboxylic acids is 1. The molecule has 4 nitrogen and oxygen atoms in total. The van der Waals surface area contributed by atoms with Crippen LogP contribution in [0.2, 0.25) is 0 Å². The summed E-state index contributed by atoms with van der Waals surface area (Å²) < 4.78 is 7.53. The van der Waals surface area contributed by atoms with Crippen molar-refractivity contribution in [3.05, 3.63) is 94.9 Å². The summed E-state index contributed by atoms with van der Waals surface area (Å²) in [6.07, 6.45) is 1.66. The fraction of sp³-hybridized carbons (Fsp3) is 0.174. The maximum absolute atomic E-state index is 12.9. The molecule has 27 heavy (non-hydrogen) atoms. The molecular formula is C23H22N2O2. The number of furan rings is 1. The summed E-state index contributed by atoms with van der Waals surface area (Å²) in [5.74, 6) is -0.102. The summed E-state index contributed by atoms with van der Waals surface area (Å²) in [4.78, 5) is 12.9. The lowest BCUT2D eigenvalue weighted by Crippen LogP contribution is -2.25. The SMILES string of the molecule is Cc1ccc(Cn2c(C(=O)NCc3cccc(C)c3)cc3occc32)cc1. The zero-order valence-electron chi connectivity index (χ0n) is 15.5. The van der Waals surface area contributed by atoms with Gasteiger partial charge in [-0.1, -0.05) is 59.7 Å². The van der Waals surface area contributed by atoms with Crippen molar-refractivity contribution in [3.8, 4) is 0 Å². The van der Waals surface area contributed by atoms with Gasteiger partial charge in [-0.15, -0.1) is 0 Å². The highest BCUT2D eigenvalue weighted by atomic mass is 16.3. The fourth-order valence-corrected chi connectivity index (χ4v) is 3.31.